The molecule has 1 aromatic carbocycles. The molecule has 16 heavy (non-hydrogen) atoms. The van der Waals surface area contributed by atoms with Crippen LogP contribution in [0.15, 0.2) is 29.8 Å². The van der Waals surface area contributed by atoms with Gasteiger partial charge in [-0.1, -0.05) is 12.1 Å². The van der Waals surface area contributed by atoms with Crippen molar-refractivity contribution in [2.24, 2.45) is 0 Å². The Morgan fingerprint density at radius 2 is 1.94 bits per heavy atom. The molecular formula is C13H14O3. The maximum atomic E-state index is 11.4. The van der Waals surface area contributed by atoms with Crippen LogP contribution in [0.3, 0.4) is 0 Å². The molecule has 0 unspecified atom stereocenters. The summed E-state index contributed by atoms with van der Waals surface area (Å²) in [5.74, 6) is 0.980. The number of hydrogen-bond donors (Lipinski definition) is 0. The second kappa shape index (κ2) is 4.49. The first-order valence-corrected chi connectivity index (χ1v) is 5.16. The van der Waals surface area contributed by atoms with E-state index in [0.717, 1.165) is 16.9 Å². The molecule has 0 radical (unpaired) electrons. The average Bonchev–Trinajstić information content (AvgIpc) is 2.33. The van der Waals surface area contributed by atoms with Crippen molar-refractivity contribution in [3.8, 4) is 5.75 Å². The zero-order valence-electron chi connectivity index (χ0n) is 9.40. The molecule has 0 aromatic heterocycles. The lowest BCUT2D eigenvalue weighted by Crippen LogP contribution is -2.34. The summed E-state index contributed by atoms with van der Waals surface area (Å²) in [5, 5.41) is 0. The number of rotatable bonds is 3. The van der Waals surface area contributed by atoms with Crippen LogP contribution < -0.4 is 4.74 Å². The highest BCUT2D eigenvalue weighted by Gasteiger charge is 2.33. The van der Waals surface area contributed by atoms with Crippen molar-refractivity contribution in [2.45, 2.75) is 12.5 Å². The summed E-state index contributed by atoms with van der Waals surface area (Å²) in [6.07, 6.45) is 2.34. The normalized spacial score (nSPS) is 22.0. The summed E-state index contributed by atoms with van der Waals surface area (Å²) < 4.78 is 10.2. The number of benzene rings is 1. The number of carbonyl (C=O) groups is 1. The van der Waals surface area contributed by atoms with Crippen LogP contribution in [0, 0.1) is 0 Å². The minimum Gasteiger partial charge on any atom is -0.497 e. The lowest BCUT2D eigenvalue weighted by molar-refractivity contribution is -0.124. The molecule has 3 heteroatoms. The van der Waals surface area contributed by atoms with Gasteiger partial charge >= 0.3 is 0 Å². The van der Waals surface area contributed by atoms with E-state index < -0.39 is 0 Å². The molecule has 0 aliphatic heterocycles. The van der Waals surface area contributed by atoms with Crippen molar-refractivity contribution in [3.63, 3.8) is 0 Å². The van der Waals surface area contributed by atoms with Crippen LogP contribution >= 0.6 is 0 Å². The van der Waals surface area contributed by atoms with E-state index in [2.05, 4.69) is 0 Å². The molecule has 1 aromatic rings. The minimum absolute atomic E-state index is 0.0328. The molecule has 0 N–H and O–H groups in total. The van der Waals surface area contributed by atoms with E-state index in [-0.39, 0.29) is 11.9 Å². The van der Waals surface area contributed by atoms with E-state index in [0.29, 0.717) is 6.42 Å². The van der Waals surface area contributed by atoms with Gasteiger partial charge in [0.1, 0.15) is 5.75 Å². The van der Waals surface area contributed by atoms with E-state index in [9.17, 15) is 4.79 Å². The average molecular weight is 218 g/mol. The Kier molecular flexibility index (Phi) is 3.06. The van der Waals surface area contributed by atoms with Gasteiger partial charge in [0.25, 0.3) is 0 Å². The van der Waals surface area contributed by atoms with Crippen molar-refractivity contribution in [3.05, 3.63) is 35.4 Å². The number of ether oxygens (including phenoxy) is 2. The molecule has 3 nitrogen and oxygen atoms in total. The Bertz CT molecular complexity index is 417. The van der Waals surface area contributed by atoms with Crippen molar-refractivity contribution in [2.75, 3.05) is 14.2 Å². The first kappa shape index (κ1) is 10.9. The number of hydrogen-bond acceptors (Lipinski definition) is 3. The zero-order valence-corrected chi connectivity index (χ0v) is 9.40. The molecule has 0 heterocycles. The second-order valence-electron chi connectivity index (χ2n) is 3.72. The largest absolute Gasteiger partial charge is 0.497 e. The molecule has 1 aliphatic carbocycles. The highest BCUT2D eigenvalue weighted by molar-refractivity contribution is 6.07. The highest BCUT2D eigenvalue weighted by Crippen LogP contribution is 2.27. The zero-order chi connectivity index (χ0) is 11.5. The number of methoxy groups -OCH3 is 2. The van der Waals surface area contributed by atoms with Crippen LogP contribution in [0.1, 0.15) is 12.0 Å². The van der Waals surface area contributed by atoms with Gasteiger partial charge in [-0.2, -0.15) is 0 Å². The Hall–Kier alpha value is -1.61. The topological polar surface area (TPSA) is 35.5 Å². The molecule has 0 bridgehead atoms. The minimum atomic E-state index is -0.0328. The fraction of sp³-hybridized carbons (Fsp3) is 0.308. The molecule has 1 fully saturated rings. The Morgan fingerprint density at radius 3 is 2.44 bits per heavy atom. The van der Waals surface area contributed by atoms with Gasteiger partial charge in [-0.25, -0.2) is 0 Å². The van der Waals surface area contributed by atoms with Gasteiger partial charge in [-0.3, -0.25) is 4.79 Å². The molecule has 84 valence electrons. The third-order valence-electron chi connectivity index (χ3n) is 2.76. The lowest BCUT2D eigenvalue weighted by atomic mass is 9.85. The van der Waals surface area contributed by atoms with Crippen LogP contribution in [0.2, 0.25) is 0 Å². The van der Waals surface area contributed by atoms with Crippen LogP contribution in [0.4, 0.5) is 0 Å². The van der Waals surface area contributed by atoms with E-state index in [1.54, 1.807) is 14.2 Å². The van der Waals surface area contributed by atoms with Gasteiger partial charge < -0.3 is 9.47 Å². The van der Waals surface area contributed by atoms with Gasteiger partial charge in [0.2, 0.25) is 0 Å². The number of carbonyl (C=O) groups excluding carboxylic acids is 1. The first-order chi connectivity index (χ1) is 7.74. The van der Waals surface area contributed by atoms with E-state index in [4.69, 9.17) is 9.47 Å². The molecule has 1 atom stereocenters. The predicted octanol–water partition coefficient (Wildman–Crippen LogP) is 2.07. The lowest BCUT2D eigenvalue weighted by Gasteiger charge is -2.26. The summed E-state index contributed by atoms with van der Waals surface area (Å²) in [6.45, 7) is 0. The molecule has 0 saturated heterocycles. The van der Waals surface area contributed by atoms with Crippen LogP contribution in [0.5, 0.6) is 5.75 Å². The van der Waals surface area contributed by atoms with E-state index >= 15 is 0 Å². The van der Waals surface area contributed by atoms with Crippen molar-refractivity contribution in [1.29, 1.82) is 0 Å². The molecular weight excluding hydrogens is 204 g/mol. The predicted molar refractivity (Wildman–Crippen MR) is 61.4 cm³/mol. The van der Waals surface area contributed by atoms with Gasteiger partial charge in [0, 0.05) is 19.1 Å². The van der Waals surface area contributed by atoms with Gasteiger partial charge in [-0.15, -0.1) is 0 Å². The Morgan fingerprint density at radius 1 is 1.25 bits per heavy atom. The smallest absolute Gasteiger partial charge is 0.164 e. The van der Waals surface area contributed by atoms with Gasteiger partial charge in [0.05, 0.1) is 13.2 Å². The maximum absolute atomic E-state index is 11.4. The second-order valence-corrected chi connectivity index (χ2v) is 3.72. The Labute approximate surface area is 94.7 Å². The monoisotopic (exact) mass is 218 g/mol. The van der Waals surface area contributed by atoms with Crippen molar-refractivity contribution >= 4 is 11.9 Å². The summed E-state index contributed by atoms with van der Waals surface area (Å²) in [5.41, 5.74) is 1.75. The summed E-state index contributed by atoms with van der Waals surface area (Å²) in [4.78, 5) is 11.4. The Balaban J connectivity index is 2.18. The molecule has 1 saturated carbocycles. The van der Waals surface area contributed by atoms with Gasteiger partial charge in [-0.05, 0) is 23.8 Å². The van der Waals surface area contributed by atoms with Gasteiger partial charge in [0.15, 0.2) is 5.78 Å². The van der Waals surface area contributed by atoms with E-state index in [1.807, 2.05) is 30.3 Å². The third kappa shape index (κ3) is 1.99. The molecule has 1 aliphatic rings. The fourth-order valence-electron chi connectivity index (χ4n) is 1.71. The SMILES string of the molecule is COc1ccc(/C=C2/C(=O)C[C@H]2OC)cc1. The van der Waals surface area contributed by atoms with Crippen molar-refractivity contribution in [1.82, 2.24) is 0 Å². The maximum Gasteiger partial charge on any atom is 0.164 e. The fourth-order valence-corrected chi connectivity index (χ4v) is 1.71. The quantitative estimate of drug-likeness (QED) is 0.728. The molecule has 2 rings (SSSR count). The summed E-state index contributed by atoms with van der Waals surface area (Å²) in [6, 6.07) is 7.59. The molecule has 0 amide bonds. The number of Topliss-reactive ketones (excluding diaryl/α,β-unsaturated/α-hetero) is 1. The third-order valence-corrected chi connectivity index (χ3v) is 2.76. The van der Waals surface area contributed by atoms with E-state index in [1.165, 1.54) is 0 Å². The number of ketones is 1. The van der Waals surface area contributed by atoms with Crippen LogP contribution in [-0.4, -0.2) is 26.1 Å². The summed E-state index contributed by atoms with van der Waals surface area (Å²) in [7, 11) is 3.25. The summed E-state index contributed by atoms with van der Waals surface area (Å²) >= 11 is 0. The standard InChI is InChI=1S/C13H14O3/c1-15-10-5-3-9(4-6-10)7-11-12(14)8-13(11)16-2/h3-7,13H,8H2,1-2H3/b11-7-/t13-/m1/s1. The van der Waals surface area contributed by atoms with Crippen LogP contribution in [0.25, 0.3) is 6.08 Å². The first-order valence-electron chi connectivity index (χ1n) is 5.16. The van der Waals surface area contributed by atoms with Crippen LogP contribution in [-0.2, 0) is 9.53 Å². The van der Waals surface area contributed by atoms with Crippen molar-refractivity contribution < 1.29 is 14.3 Å². The molecule has 0 spiro atoms. The highest BCUT2D eigenvalue weighted by atomic mass is 16.5.